The van der Waals surface area contributed by atoms with Crippen LogP contribution in [0.25, 0.3) is 0 Å². The molecule has 0 radical (unpaired) electrons. The van der Waals surface area contributed by atoms with Crippen molar-refractivity contribution in [2.75, 3.05) is 5.32 Å². The van der Waals surface area contributed by atoms with Crippen LogP contribution in [0.3, 0.4) is 0 Å². The molecule has 6 heteroatoms. The molecule has 162 valence electrons. The molecule has 1 heterocycles. The fourth-order valence-corrected chi connectivity index (χ4v) is 3.34. The third-order valence-corrected chi connectivity index (χ3v) is 5.13. The van der Waals surface area contributed by atoms with Crippen molar-refractivity contribution in [1.82, 2.24) is 15.1 Å². The zero-order chi connectivity index (χ0) is 22.2. The molecule has 3 aromatic rings. The van der Waals surface area contributed by atoms with E-state index < -0.39 is 0 Å². The first-order valence-corrected chi connectivity index (χ1v) is 10.8. The van der Waals surface area contributed by atoms with Crippen molar-refractivity contribution in [3.05, 3.63) is 82.7 Å². The van der Waals surface area contributed by atoms with Crippen LogP contribution in [0.4, 0.5) is 5.69 Å². The molecule has 0 aliphatic heterocycles. The Hall–Kier alpha value is -3.41. The van der Waals surface area contributed by atoms with E-state index in [0.29, 0.717) is 18.1 Å². The molecule has 0 saturated carbocycles. The van der Waals surface area contributed by atoms with Gasteiger partial charge in [-0.05, 0) is 56.0 Å². The summed E-state index contributed by atoms with van der Waals surface area (Å²) in [6.45, 7) is 9.46. The van der Waals surface area contributed by atoms with Gasteiger partial charge in [0.25, 0.3) is 5.91 Å². The molecule has 0 unspecified atom stereocenters. The van der Waals surface area contributed by atoms with Crippen LogP contribution < -0.4 is 10.6 Å². The van der Waals surface area contributed by atoms with Gasteiger partial charge in [-0.1, -0.05) is 44.2 Å². The molecule has 2 N–H and O–H groups in total. The molecular formula is C25H31N5O. The number of rotatable bonds is 7. The Labute approximate surface area is 184 Å². The summed E-state index contributed by atoms with van der Waals surface area (Å²) in [5, 5.41) is 10.8. The summed E-state index contributed by atoms with van der Waals surface area (Å²) in [6.07, 6.45) is 3.99. The topological polar surface area (TPSA) is 71.3 Å². The quantitative estimate of drug-likeness (QED) is 0.425. The van der Waals surface area contributed by atoms with Gasteiger partial charge in [-0.2, -0.15) is 5.10 Å². The van der Waals surface area contributed by atoms with E-state index in [4.69, 9.17) is 4.99 Å². The van der Waals surface area contributed by atoms with Crippen LogP contribution in [-0.2, 0) is 19.5 Å². The standard InChI is InChI=1S/C25H31N5O/c1-5-14-30-17-21(19(4)29-30)16-26-25(27-22-12-9-11-20(6-2)15-22)28-24(31)23-13-8-7-10-18(23)3/h7-13,15,17H,5-6,14,16H2,1-4H3,(H2,26,27,28,31). The molecule has 0 atom stereocenters. The van der Waals surface area contributed by atoms with Gasteiger partial charge in [0, 0.05) is 29.6 Å². The Bertz CT molecular complexity index is 1070. The maximum absolute atomic E-state index is 12.9. The highest BCUT2D eigenvalue weighted by atomic mass is 16.1. The van der Waals surface area contributed by atoms with Gasteiger partial charge in [-0.3, -0.25) is 14.8 Å². The number of aryl methyl sites for hydroxylation is 4. The molecule has 0 fully saturated rings. The lowest BCUT2D eigenvalue weighted by Crippen LogP contribution is -2.36. The summed E-state index contributed by atoms with van der Waals surface area (Å²) < 4.78 is 1.95. The first kappa shape index (κ1) is 22.3. The monoisotopic (exact) mass is 417 g/mol. The highest BCUT2D eigenvalue weighted by Gasteiger charge is 2.12. The second-order valence-corrected chi connectivity index (χ2v) is 7.62. The first-order chi connectivity index (χ1) is 15.0. The van der Waals surface area contributed by atoms with Gasteiger partial charge in [-0.25, -0.2) is 4.99 Å². The van der Waals surface area contributed by atoms with E-state index >= 15 is 0 Å². The van der Waals surface area contributed by atoms with E-state index in [-0.39, 0.29) is 5.91 Å². The number of anilines is 1. The van der Waals surface area contributed by atoms with Crippen molar-refractivity contribution < 1.29 is 4.79 Å². The number of carbonyl (C=O) groups excluding carboxylic acids is 1. The predicted octanol–water partition coefficient (Wildman–Crippen LogP) is 4.87. The number of hydrogen-bond donors (Lipinski definition) is 2. The normalized spacial score (nSPS) is 11.4. The Morgan fingerprint density at radius 1 is 1.10 bits per heavy atom. The lowest BCUT2D eigenvalue weighted by atomic mass is 10.1. The summed E-state index contributed by atoms with van der Waals surface area (Å²) in [5.41, 5.74) is 5.65. The maximum atomic E-state index is 12.9. The van der Waals surface area contributed by atoms with Gasteiger partial charge >= 0.3 is 0 Å². The summed E-state index contributed by atoms with van der Waals surface area (Å²) in [6, 6.07) is 15.7. The number of aromatic nitrogens is 2. The van der Waals surface area contributed by atoms with Gasteiger partial charge in [0.1, 0.15) is 0 Å². The fourth-order valence-electron chi connectivity index (χ4n) is 3.34. The second-order valence-electron chi connectivity index (χ2n) is 7.62. The van der Waals surface area contributed by atoms with Gasteiger partial charge in [-0.15, -0.1) is 0 Å². The van der Waals surface area contributed by atoms with Crippen LogP contribution in [-0.4, -0.2) is 21.6 Å². The van der Waals surface area contributed by atoms with E-state index in [9.17, 15) is 4.79 Å². The van der Waals surface area contributed by atoms with Crippen LogP contribution in [0.5, 0.6) is 0 Å². The van der Waals surface area contributed by atoms with Crippen molar-refractivity contribution in [1.29, 1.82) is 0 Å². The van der Waals surface area contributed by atoms with Crippen molar-refractivity contribution in [2.24, 2.45) is 4.99 Å². The highest BCUT2D eigenvalue weighted by molar-refractivity contribution is 6.10. The van der Waals surface area contributed by atoms with E-state index in [0.717, 1.165) is 41.9 Å². The molecule has 0 aliphatic rings. The molecule has 0 aliphatic carbocycles. The Morgan fingerprint density at radius 3 is 2.65 bits per heavy atom. The molecule has 0 spiro atoms. The third-order valence-electron chi connectivity index (χ3n) is 5.13. The van der Waals surface area contributed by atoms with Gasteiger partial charge in [0.15, 0.2) is 0 Å². The zero-order valence-corrected chi connectivity index (χ0v) is 18.8. The highest BCUT2D eigenvalue weighted by Crippen LogP contribution is 2.13. The number of aliphatic imine (C=N–C) groups is 1. The van der Waals surface area contributed by atoms with Crippen LogP contribution in [0.1, 0.15) is 53.0 Å². The number of nitrogens with zero attached hydrogens (tertiary/aromatic N) is 3. The largest absolute Gasteiger partial charge is 0.326 e. The smallest absolute Gasteiger partial charge is 0.258 e. The lowest BCUT2D eigenvalue weighted by Gasteiger charge is -2.13. The number of carbonyl (C=O) groups is 1. The molecule has 0 bridgehead atoms. The van der Waals surface area contributed by atoms with E-state index in [1.807, 2.05) is 61.1 Å². The average molecular weight is 418 g/mol. The number of hydrogen-bond acceptors (Lipinski definition) is 3. The minimum atomic E-state index is -0.186. The second kappa shape index (κ2) is 10.6. The van der Waals surface area contributed by atoms with Gasteiger partial charge in [0.05, 0.1) is 12.2 Å². The zero-order valence-electron chi connectivity index (χ0n) is 18.8. The summed E-state index contributed by atoms with van der Waals surface area (Å²) in [5.74, 6) is 0.235. The van der Waals surface area contributed by atoms with Crippen molar-refractivity contribution in [2.45, 2.75) is 53.6 Å². The van der Waals surface area contributed by atoms with Gasteiger partial charge in [0.2, 0.25) is 5.96 Å². The van der Waals surface area contributed by atoms with Crippen molar-refractivity contribution in [3.63, 3.8) is 0 Å². The molecule has 31 heavy (non-hydrogen) atoms. The Morgan fingerprint density at radius 2 is 1.90 bits per heavy atom. The summed E-state index contributed by atoms with van der Waals surface area (Å²) >= 11 is 0. The van der Waals surface area contributed by atoms with Crippen LogP contribution in [0, 0.1) is 13.8 Å². The Kier molecular flexibility index (Phi) is 7.60. The minimum absolute atomic E-state index is 0.186. The number of benzene rings is 2. The molecule has 2 aromatic carbocycles. The van der Waals surface area contributed by atoms with Crippen molar-refractivity contribution in [3.8, 4) is 0 Å². The van der Waals surface area contributed by atoms with Crippen LogP contribution >= 0.6 is 0 Å². The number of nitrogens with one attached hydrogen (secondary N) is 2. The average Bonchev–Trinajstić information content (AvgIpc) is 3.11. The van der Waals surface area contributed by atoms with Crippen LogP contribution in [0.2, 0.25) is 0 Å². The predicted molar refractivity (Wildman–Crippen MR) is 126 cm³/mol. The molecule has 3 rings (SSSR count). The van der Waals surface area contributed by atoms with Gasteiger partial charge < -0.3 is 5.32 Å². The fraction of sp³-hybridized carbons (Fsp3) is 0.320. The molecule has 1 amide bonds. The maximum Gasteiger partial charge on any atom is 0.258 e. The third kappa shape index (κ3) is 6.04. The molecule has 0 saturated heterocycles. The number of amides is 1. The first-order valence-electron chi connectivity index (χ1n) is 10.8. The summed E-state index contributed by atoms with van der Waals surface area (Å²) in [4.78, 5) is 17.6. The SMILES string of the molecule is CCCn1cc(CN=C(NC(=O)c2ccccc2C)Nc2cccc(CC)c2)c(C)n1. The molecule has 6 nitrogen and oxygen atoms in total. The van der Waals surface area contributed by atoms with Crippen molar-refractivity contribution >= 4 is 17.6 Å². The van der Waals surface area contributed by atoms with E-state index in [1.54, 1.807) is 0 Å². The Balaban J connectivity index is 1.85. The molecule has 1 aromatic heterocycles. The van der Waals surface area contributed by atoms with E-state index in [1.165, 1.54) is 5.56 Å². The minimum Gasteiger partial charge on any atom is -0.326 e. The summed E-state index contributed by atoms with van der Waals surface area (Å²) in [7, 11) is 0. The lowest BCUT2D eigenvalue weighted by molar-refractivity contribution is 0.0976. The van der Waals surface area contributed by atoms with E-state index in [2.05, 4.69) is 41.7 Å². The van der Waals surface area contributed by atoms with Crippen LogP contribution in [0.15, 0.2) is 59.7 Å². The number of guanidine groups is 1. The molecular weight excluding hydrogens is 386 g/mol.